The molecule has 1 atom stereocenters. The molecular weight excluding hydrogens is 362 g/mol. The van der Waals surface area contributed by atoms with E-state index >= 15 is 0 Å². The van der Waals surface area contributed by atoms with Gasteiger partial charge in [0.25, 0.3) is 5.91 Å². The number of hydrogen-bond acceptors (Lipinski definition) is 2. The van der Waals surface area contributed by atoms with Gasteiger partial charge in [0.15, 0.2) is 6.54 Å². The Labute approximate surface area is 172 Å². The van der Waals surface area contributed by atoms with Crippen molar-refractivity contribution < 1.29 is 14.5 Å². The van der Waals surface area contributed by atoms with Crippen LogP contribution in [0, 0.1) is 5.92 Å². The van der Waals surface area contributed by atoms with E-state index in [1.165, 1.54) is 10.5 Å². The first kappa shape index (κ1) is 19.6. The molecule has 2 amide bonds. The van der Waals surface area contributed by atoms with Gasteiger partial charge in [0.1, 0.15) is 0 Å². The lowest BCUT2D eigenvalue weighted by Gasteiger charge is -2.32. The summed E-state index contributed by atoms with van der Waals surface area (Å²) >= 11 is 0. The summed E-state index contributed by atoms with van der Waals surface area (Å²) in [6.45, 7) is 4.51. The summed E-state index contributed by atoms with van der Waals surface area (Å²) in [6.07, 6.45) is 3.77. The number of piperidine rings is 1. The highest BCUT2D eigenvalue weighted by Gasteiger charge is 2.32. The van der Waals surface area contributed by atoms with Crippen molar-refractivity contribution in [1.29, 1.82) is 0 Å². The summed E-state index contributed by atoms with van der Waals surface area (Å²) in [5.41, 5.74) is 2.95. The van der Waals surface area contributed by atoms with E-state index < -0.39 is 0 Å². The van der Waals surface area contributed by atoms with Crippen LogP contribution in [0.4, 0.5) is 11.4 Å². The fraction of sp³-hybridized carbons (Fsp3) is 0.417. The van der Waals surface area contributed by atoms with Gasteiger partial charge in [-0.2, -0.15) is 0 Å². The Hall–Kier alpha value is -2.66. The van der Waals surface area contributed by atoms with Crippen molar-refractivity contribution in [3.8, 4) is 0 Å². The van der Waals surface area contributed by atoms with E-state index in [4.69, 9.17) is 0 Å². The maximum atomic E-state index is 13.2. The number of rotatable bonds is 4. The number of fused-ring (bicyclic) bond motifs is 1. The third kappa shape index (κ3) is 4.67. The van der Waals surface area contributed by atoms with Crippen molar-refractivity contribution in [3.05, 3.63) is 60.2 Å². The van der Waals surface area contributed by atoms with Crippen molar-refractivity contribution in [1.82, 2.24) is 0 Å². The highest BCUT2D eigenvalue weighted by atomic mass is 16.2. The van der Waals surface area contributed by atoms with Gasteiger partial charge < -0.3 is 15.1 Å². The number of likely N-dealkylation sites (tertiary alicyclic amines) is 1. The molecule has 0 aromatic heterocycles. The number of carbonyl (C=O) groups is 2. The van der Waals surface area contributed by atoms with Gasteiger partial charge in [-0.1, -0.05) is 42.5 Å². The summed E-state index contributed by atoms with van der Waals surface area (Å²) in [5.74, 6) is 0.781. The van der Waals surface area contributed by atoms with Crippen LogP contribution in [0.25, 0.3) is 0 Å². The maximum absolute atomic E-state index is 13.2. The summed E-state index contributed by atoms with van der Waals surface area (Å²) < 4.78 is 0. The lowest BCUT2D eigenvalue weighted by atomic mass is 9.90. The van der Waals surface area contributed by atoms with Crippen molar-refractivity contribution in [2.75, 3.05) is 29.9 Å². The van der Waals surface area contributed by atoms with Crippen LogP contribution in [0.2, 0.25) is 0 Å². The SMILES string of the molecule is C[C@@H]1CC(=O)Nc2ccccc2N1C(=O)C[NH+]1CCC(Cc2ccccc2)CC1. The van der Waals surface area contributed by atoms with Crippen LogP contribution in [-0.2, 0) is 16.0 Å². The molecule has 5 heteroatoms. The molecule has 1 saturated heterocycles. The van der Waals surface area contributed by atoms with Crippen molar-refractivity contribution in [2.24, 2.45) is 5.92 Å². The van der Waals surface area contributed by atoms with Crippen LogP contribution in [-0.4, -0.2) is 37.5 Å². The predicted molar refractivity (Wildman–Crippen MR) is 115 cm³/mol. The summed E-state index contributed by atoms with van der Waals surface area (Å²) in [5, 5.41) is 2.93. The first-order valence-corrected chi connectivity index (χ1v) is 10.7. The minimum atomic E-state index is -0.138. The number of nitrogens with zero attached hydrogens (tertiary/aromatic N) is 1. The van der Waals surface area contributed by atoms with E-state index in [1.807, 2.05) is 36.1 Å². The number of benzene rings is 2. The van der Waals surface area contributed by atoms with Crippen molar-refractivity contribution >= 4 is 23.2 Å². The predicted octanol–water partition coefficient (Wildman–Crippen LogP) is 2.29. The van der Waals surface area contributed by atoms with E-state index in [2.05, 4.69) is 35.6 Å². The van der Waals surface area contributed by atoms with Gasteiger partial charge in [-0.25, -0.2) is 0 Å². The van der Waals surface area contributed by atoms with Crippen molar-refractivity contribution in [3.63, 3.8) is 0 Å². The monoisotopic (exact) mass is 392 g/mol. The lowest BCUT2D eigenvalue weighted by molar-refractivity contribution is -0.898. The van der Waals surface area contributed by atoms with E-state index in [-0.39, 0.29) is 17.9 Å². The minimum Gasteiger partial charge on any atom is -0.327 e. The van der Waals surface area contributed by atoms with Gasteiger partial charge in [-0.15, -0.1) is 0 Å². The van der Waals surface area contributed by atoms with Gasteiger partial charge in [-0.05, 0) is 49.8 Å². The average molecular weight is 393 g/mol. The Morgan fingerprint density at radius 3 is 2.52 bits per heavy atom. The van der Waals surface area contributed by atoms with Gasteiger partial charge in [-0.3, -0.25) is 9.59 Å². The number of hydrogen-bond donors (Lipinski definition) is 2. The smallest absolute Gasteiger partial charge is 0.282 e. The Morgan fingerprint density at radius 1 is 1.07 bits per heavy atom. The molecule has 2 aliphatic heterocycles. The first-order valence-electron chi connectivity index (χ1n) is 10.7. The quantitative estimate of drug-likeness (QED) is 0.839. The fourth-order valence-corrected chi connectivity index (χ4v) is 4.68. The summed E-state index contributed by atoms with van der Waals surface area (Å²) in [6, 6.07) is 18.2. The number of anilines is 2. The second-order valence-electron chi connectivity index (χ2n) is 8.44. The zero-order valence-corrected chi connectivity index (χ0v) is 17.1. The van der Waals surface area contributed by atoms with Gasteiger partial charge >= 0.3 is 0 Å². The second-order valence-corrected chi connectivity index (χ2v) is 8.44. The largest absolute Gasteiger partial charge is 0.327 e. The fourth-order valence-electron chi connectivity index (χ4n) is 4.68. The molecule has 2 aliphatic rings. The second kappa shape index (κ2) is 8.78. The van der Waals surface area contributed by atoms with Crippen LogP contribution in [0.5, 0.6) is 0 Å². The molecule has 4 rings (SSSR count). The standard InChI is InChI=1S/C24H29N3O2/c1-18-15-23(28)25-21-9-5-6-10-22(21)27(18)24(29)17-26-13-11-20(12-14-26)16-19-7-3-2-4-8-19/h2-10,18,20H,11-17H2,1H3,(H,25,28)/p+1/t18-/m1/s1. The number of amides is 2. The molecule has 29 heavy (non-hydrogen) atoms. The number of carbonyl (C=O) groups excluding carboxylic acids is 2. The molecule has 5 nitrogen and oxygen atoms in total. The number of quaternary nitrogens is 1. The molecule has 0 aliphatic carbocycles. The molecule has 2 aromatic carbocycles. The molecule has 0 unspecified atom stereocenters. The molecular formula is C24H30N3O2+. The molecule has 0 bridgehead atoms. The molecule has 0 spiro atoms. The third-order valence-corrected chi connectivity index (χ3v) is 6.21. The number of nitrogens with one attached hydrogen (secondary N) is 2. The van der Waals surface area contributed by atoms with Crippen LogP contribution >= 0.6 is 0 Å². The Kier molecular flexibility index (Phi) is 5.95. The first-order chi connectivity index (χ1) is 14.1. The number of para-hydroxylation sites is 2. The third-order valence-electron chi connectivity index (χ3n) is 6.21. The molecule has 1 fully saturated rings. The molecule has 2 heterocycles. The molecule has 2 N–H and O–H groups in total. The van der Waals surface area contributed by atoms with Crippen LogP contribution in [0.15, 0.2) is 54.6 Å². The van der Waals surface area contributed by atoms with Gasteiger partial charge in [0.05, 0.1) is 24.5 Å². The van der Waals surface area contributed by atoms with E-state index in [9.17, 15) is 9.59 Å². The molecule has 0 radical (unpaired) electrons. The van der Waals surface area contributed by atoms with Crippen LogP contribution in [0.1, 0.15) is 31.7 Å². The average Bonchev–Trinajstić information content (AvgIpc) is 2.84. The van der Waals surface area contributed by atoms with Gasteiger partial charge in [0, 0.05) is 12.5 Å². The maximum Gasteiger partial charge on any atom is 0.282 e. The normalized spacial score (nSPS) is 24.4. The zero-order valence-electron chi connectivity index (χ0n) is 17.1. The lowest BCUT2D eigenvalue weighted by Crippen LogP contribution is -3.14. The van der Waals surface area contributed by atoms with E-state index in [0.717, 1.165) is 43.7 Å². The zero-order chi connectivity index (χ0) is 20.2. The Morgan fingerprint density at radius 2 is 1.76 bits per heavy atom. The van der Waals surface area contributed by atoms with Crippen LogP contribution < -0.4 is 15.1 Å². The summed E-state index contributed by atoms with van der Waals surface area (Å²) in [7, 11) is 0. The van der Waals surface area contributed by atoms with Gasteiger partial charge in [0.2, 0.25) is 5.91 Å². The van der Waals surface area contributed by atoms with Crippen molar-refractivity contribution in [2.45, 2.75) is 38.6 Å². The molecule has 152 valence electrons. The highest BCUT2D eigenvalue weighted by Crippen LogP contribution is 2.31. The highest BCUT2D eigenvalue weighted by molar-refractivity contribution is 6.04. The summed E-state index contributed by atoms with van der Waals surface area (Å²) in [4.78, 5) is 28.6. The minimum absolute atomic E-state index is 0.0330. The Balaban J connectivity index is 1.38. The van der Waals surface area contributed by atoms with Crippen LogP contribution in [0.3, 0.4) is 0 Å². The topological polar surface area (TPSA) is 53.9 Å². The van der Waals surface area contributed by atoms with E-state index in [0.29, 0.717) is 18.9 Å². The Bertz CT molecular complexity index is 859. The molecule has 2 aromatic rings. The van der Waals surface area contributed by atoms with E-state index in [1.54, 1.807) is 0 Å². The molecule has 0 saturated carbocycles.